The molecule has 6 aromatic rings. The standard InChI is InChI=1S/C40H35N3O2/c1-40(2,3)30-22-23-35(29-13-5-4-6-14-29)38(25-30)43-28-42(36-19-7-8-20-37(36)43)31-15-11-16-32(26-31)44-33-17-12-18-34(27-33)45-39-21-9-10-24-41-39/h4-27H,28H2,1-3H3. The Morgan fingerprint density at radius 1 is 0.556 bits per heavy atom. The average Bonchev–Trinajstić information content (AvgIpc) is 3.45. The van der Waals surface area contributed by atoms with Crippen molar-refractivity contribution in [3.63, 3.8) is 0 Å². The Morgan fingerprint density at radius 3 is 1.96 bits per heavy atom. The Hall–Kier alpha value is -5.55. The maximum absolute atomic E-state index is 6.35. The topological polar surface area (TPSA) is 37.8 Å². The highest BCUT2D eigenvalue weighted by Crippen LogP contribution is 2.48. The van der Waals surface area contributed by atoms with Crippen molar-refractivity contribution >= 4 is 22.7 Å². The molecule has 1 aliphatic rings. The molecule has 222 valence electrons. The molecule has 0 amide bonds. The number of para-hydroxylation sites is 2. The van der Waals surface area contributed by atoms with Crippen molar-refractivity contribution in [2.45, 2.75) is 26.2 Å². The molecule has 7 rings (SSSR count). The van der Waals surface area contributed by atoms with Crippen LogP contribution in [0, 0.1) is 0 Å². The molecule has 5 aromatic carbocycles. The third kappa shape index (κ3) is 5.98. The number of hydrogen-bond donors (Lipinski definition) is 0. The van der Waals surface area contributed by atoms with Crippen LogP contribution in [0.3, 0.4) is 0 Å². The van der Waals surface area contributed by atoms with E-state index in [0.29, 0.717) is 24.0 Å². The van der Waals surface area contributed by atoms with Crippen molar-refractivity contribution < 1.29 is 9.47 Å². The van der Waals surface area contributed by atoms with Gasteiger partial charge in [0.15, 0.2) is 0 Å². The van der Waals surface area contributed by atoms with Gasteiger partial charge >= 0.3 is 0 Å². The first-order valence-electron chi connectivity index (χ1n) is 15.2. The van der Waals surface area contributed by atoms with Gasteiger partial charge in [0.25, 0.3) is 0 Å². The second-order valence-electron chi connectivity index (χ2n) is 12.2. The second-order valence-corrected chi connectivity index (χ2v) is 12.2. The SMILES string of the molecule is CC(C)(C)c1ccc(-c2ccccc2)c(N2CN(c3cccc(Oc4cccc(Oc5ccccn5)c4)c3)c3ccccc32)c1. The molecule has 0 saturated carbocycles. The predicted octanol–water partition coefficient (Wildman–Crippen LogP) is 10.9. The lowest BCUT2D eigenvalue weighted by atomic mass is 9.85. The van der Waals surface area contributed by atoms with Gasteiger partial charge in [-0.05, 0) is 65.1 Å². The van der Waals surface area contributed by atoms with Crippen LogP contribution >= 0.6 is 0 Å². The van der Waals surface area contributed by atoms with Crippen molar-refractivity contribution in [1.29, 1.82) is 0 Å². The number of benzene rings is 5. The van der Waals surface area contributed by atoms with Gasteiger partial charge in [-0.2, -0.15) is 0 Å². The smallest absolute Gasteiger partial charge is 0.219 e. The van der Waals surface area contributed by atoms with Gasteiger partial charge in [-0.25, -0.2) is 4.98 Å². The van der Waals surface area contributed by atoms with E-state index in [0.717, 1.165) is 17.1 Å². The van der Waals surface area contributed by atoms with Crippen LogP contribution in [0.15, 0.2) is 146 Å². The minimum atomic E-state index is 0.0223. The number of anilines is 4. The summed E-state index contributed by atoms with van der Waals surface area (Å²) in [6.45, 7) is 7.48. The van der Waals surface area contributed by atoms with Gasteiger partial charge in [-0.3, -0.25) is 0 Å². The Kier molecular flexibility index (Phi) is 7.44. The van der Waals surface area contributed by atoms with E-state index in [9.17, 15) is 0 Å². The number of pyridine rings is 1. The van der Waals surface area contributed by atoms with E-state index in [-0.39, 0.29) is 5.41 Å². The molecule has 45 heavy (non-hydrogen) atoms. The predicted molar refractivity (Wildman–Crippen MR) is 183 cm³/mol. The highest BCUT2D eigenvalue weighted by molar-refractivity contribution is 5.92. The molecule has 1 aromatic heterocycles. The fourth-order valence-corrected chi connectivity index (χ4v) is 5.70. The summed E-state index contributed by atoms with van der Waals surface area (Å²) in [5.74, 6) is 2.64. The highest BCUT2D eigenvalue weighted by atomic mass is 16.5. The Labute approximate surface area is 265 Å². The minimum absolute atomic E-state index is 0.0223. The summed E-state index contributed by atoms with van der Waals surface area (Å²) in [5, 5.41) is 0. The Morgan fingerprint density at radius 2 is 1.22 bits per heavy atom. The molecule has 0 bridgehead atoms. The molecule has 0 atom stereocenters. The molecule has 0 saturated heterocycles. The van der Waals surface area contributed by atoms with Crippen molar-refractivity contribution in [3.05, 3.63) is 151 Å². The molecule has 0 aliphatic carbocycles. The zero-order valence-electron chi connectivity index (χ0n) is 25.7. The van der Waals surface area contributed by atoms with Gasteiger partial charge in [0, 0.05) is 35.6 Å². The van der Waals surface area contributed by atoms with Gasteiger partial charge in [-0.15, -0.1) is 0 Å². The van der Waals surface area contributed by atoms with E-state index < -0.39 is 0 Å². The van der Waals surface area contributed by atoms with Gasteiger partial charge in [-0.1, -0.05) is 93.6 Å². The zero-order chi connectivity index (χ0) is 30.8. The largest absolute Gasteiger partial charge is 0.457 e. The maximum Gasteiger partial charge on any atom is 0.219 e. The van der Waals surface area contributed by atoms with Crippen LogP contribution in [-0.2, 0) is 5.41 Å². The minimum Gasteiger partial charge on any atom is -0.457 e. The molecular weight excluding hydrogens is 554 g/mol. The van der Waals surface area contributed by atoms with E-state index in [1.165, 1.54) is 28.1 Å². The van der Waals surface area contributed by atoms with Crippen LogP contribution in [0.2, 0.25) is 0 Å². The van der Waals surface area contributed by atoms with Crippen LogP contribution in [0.1, 0.15) is 26.3 Å². The second kappa shape index (κ2) is 11.9. The lowest BCUT2D eigenvalue weighted by Gasteiger charge is -2.27. The molecular formula is C40H35N3O2. The summed E-state index contributed by atoms with van der Waals surface area (Å²) in [6.07, 6.45) is 1.71. The van der Waals surface area contributed by atoms with Crippen LogP contribution in [0.4, 0.5) is 22.7 Å². The van der Waals surface area contributed by atoms with Gasteiger partial charge in [0.2, 0.25) is 5.88 Å². The Bertz CT molecular complexity index is 1930. The highest BCUT2D eigenvalue weighted by Gasteiger charge is 2.30. The molecule has 5 heteroatoms. The van der Waals surface area contributed by atoms with Crippen LogP contribution in [0.5, 0.6) is 23.1 Å². The molecule has 2 heterocycles. The molecule has 0 N–H and O–H groups in total. The lowest BCUT2D eigenvalue weighted by molar-refractivity contribution is 0.449. The van der Waals surface area contributed by atoms with E-state index >= 15 is 0 Å². The number of fused-ring (bicyclic) bond motifs is 1. The monoisotopic (exact) mass is 589 g/mol. The quantitative estimate of drug-likeness (QED) is 0.185. The lowest BCUT2D eigenvalue weighted by Crippen LogP contribution is -2.25. The third-order valence-corrected chi connectivity index (χ3v) is 8.02. The number of hydrogen-bond acceptors (Lipinski definition) is 5. The summed E-state index contributed by atoms with van der Waals surface area (Å²) in [7, 11) is 0. The zero-order valence-corrected chi connectivity index (χ0v) is 25.7. The summed E-state index contributed by atoms with van der Waals surface area (Å²) >= 11 is 0. The van der Waals surface area contributed by atoms with Crippen molar-refractivity contribution in [3.8, 4) is 34.3 Å². The average molecular weight is 590 g/mol. The van der Waals surface area contributed by atoms with Crippen LogP contribution in [0.25, 0.3) is 11.1 Å². The fourth-order valence-electron chi connectivity index (χ4n) is 5.70. The number of ether oxygens (including phenoxy) is 2. The van der Waals surface area contributed by atoms with Crippen molar-refractivity contribution in [1.82, 2.24) is 4.98 Å². The number of aromatic nitrogens is 1. The van der Waals surface area contributed by atoms with Gasteiger partial charge in [0.1, 0.15) is 23.9 Å². The van der Waals surface area contributed by atoms with Crippen LogP contribution in [-0.4, -0.2) is 11.7 Å². The third-order valence-electron chi connectivity index (χ3n) is 8.02. The maximum atomic E-state index is 6.35. The first-order valence-corrected chi connectivity index (χ1v) is 15.2. The summed E-state index contributed by atoms with van der Waals surface area (Å²) < 4.78 is 12.3. The van der Waals surface area contributed by atoms with Crippen molar-refractivity contribution in [2.75, 3.05) is 16.5 Å². The molecule has 0 unspecified atom stereocenters. The summed E-state index contributed by atoms with van der Waals surface area (Å²) in [5.41, 5.74) is 8.31. The molecule has 0 fully saturated rings. The van der Waals surface area contributed by atoms with E-state index in [4.69, 9.17) is 9.47 Å². The summed E-state index contributed by atoms with van der Waals surface area (Å²) in [6, 6.07) is 47.6. The fraction of sp³-hybridized carbons (Fsp3) is 0.125. The normalized spacial score (nSPS) is 12.6. The van der Waals surface area contributed by atoms with E-state index in [1.54, 1.807) is 6.20 Å². The van der Waals surface area contributed by atoms with Gasteiger partial charge in [0.05, 0.1) is 17.1 Å². The number of rotatable bonds is 7. The molecule has 5 nitrogen and oxygen atoms in total. The van der Waals surface area contributed by atoms with E-state index in [2.05, 4.69) is 120 Å². The van der Waals surface area contributed by atoms with Gasteiger partial charge < -0.3 is 19.3 Å². The number of nitrogens with zero attached hydrogens (tertiary/aromatic N) is 3. The molecule has 1 aliphatic heterocycles. The molecule has 0 radical (unpaired) electrons. The molecule has 0 spiro atoms. The van der Waals surface area contributed by atoms with E-state index in [1.807, 2.05) is 54.6 Å². The van der Waals surface area contributed by atoms with Crippen LogP contribution < -0.4 is 19.3 Å². The Balaban J connectivity index is 1.21. The van der Waals surface area contributed by atoms with Crippen molar-refractivity contribution in [2.24, 2.45) is 0 Å². The summed E-state index contributed by atoms with van der Waals surface area (Å²) in [4.78, 5) is 9.03. The first kappa shape index (κ1) is 28.2. The first-order chi connectivity index (χ1) is 21.9.